The number of amides is 2. The van der Waals surface area contributed by atoms with Crippen molar-refractivity contribution in [2.75, 3.05) is 6.61 Å². The molecule has 0 aliphatic heterocycles. The number of ether oxygens (including phenoxy) is 1. The number of primary amides is 1. The zero-order valence-electron chi connectivity index (χ0n) is 17.3. The maximum Gasteiger partial charge on any atom is 0.255 e. The molecule has 2 atom stereocenters. The Morgan fingerprint density at radius 3 is 2.42 bits per heavy atom. The molecule has 0 bridgehead atoms. The first-order chi connectivity index (χ1) is 15.1. The van der Waals surface area contributed by atoms with Crippen LogP contribution in [-0.2, 0) is 11.2 Å². The van der Waals surface area contributed by atoms with Gasteiger partial charge in [0.1, 0.15) is 5.75 Å². The van der Waals surface area contributed by atoms with Gasteiger partial charge in [-0.05, 0) is 60.2 Å². The molecule has 1 aliphatic rings. The quantitative estimate of drug-likeness (QED) is 0.610. The van der Waals surface area contributed by atoms with Gasteiger partial charge < -0.3 is 15.8 Å². The van der Waals surface area contributed by atoms with Gasteiger partial charge in [0.15, 0.2) is 6.61 Å². The van der Waals surface area contributed by atoms with E-state index in [1.807, 2.05) is 18.2 Å². The van der Waals surface area contributed by atoms with E-state index in [1.165, 1.54) is 11.1 Å². The van der Waals surface area contributed by atoms with E-state index in [2.05, 4.69) is 41.7 Å². The fourth-order valence-corrected chi connectivity index (χ4v) is 4.30. The van der Waals surface area contributed by atoms with Gasteiger partial charge in [-0.2, -0.15) is 0 Å². The van der Waals surface area contributed by atoms with Crippen LogP contribution in [0.3, 0.4) is 0 Å². The molecule has 158 valence electrons. The fourth-order valence-electron chi connectivity index (χ4n) is 4.30. The summed E-state index contributed by atoms with van der Waals surface area (Å²) in [6.45, 7) is -0.192. The van der Waals surface area contributed by atoms with Crippen LogP contribution >= 0.6 is 0 Å². The van der Waals surface area contributed by atoms with E-state index in [1.54, 1.807) is 24.3 Å². The number of nitrogens with two attached hydrogens (primary N) is 1. The number of aryl methyl sites for hydroxylation is 1. The van der Waals surface area contributed by atoms with Crippen LogP contribution < -0.4 is 15.8 Å². The summed E-state index contributed by atoms with van der Waals surface area (Å²) in [7, 11) is 0. The Morgan fingerprint density at radius 1 is 0.968 bits per heavy atom. The lowest BCUT2D eigenvalue weighted by Crippen LogP contribution is -2.34. The van der Waals surface area contributed by atoms with Crippen molar-refractivity contribution in [3.63, 3.8) is 0 Å². The van der Waals surface area contributed by atoms with Gasteiger partial charge >= 0.3 is 0 Å². The molecule has 3 N–H and O–H groups in total. The van der Waals surface area contributed by atoms with Crippen LogP contribution in [0.15, 0.2) is 78.9 Å². The van der Waals surface area contributed by atoms with Crippen molar-refractivity contribution < 1.29 is 14.3 Å². The van der Waals surface area contributed by atoms with Crippen molar-refractivity contribution in [1.82, 2.24) is 5.32 Å². The largest absolute Gasteiger partial charge is 0.484 e. The molecule has 1 aliphatic carbocycles. The summed E-state index contributed by atoms with van der Waals surface area (Å²) in [6.07, 6.45) is 3.21. The fraction of sp³-hybridized carbons (Fsp3) is 0.231. The highest BCUT2D eigenvalue weighted by Gasteiger charge is 2.30. The lowest BCUT2D eigenvalue weighted by molar-refractivity contribution is -0.119. The summed E-state index contributed by atoms with van der Waals surface area (Å²) in [6, 6.07) is 25.3. The minimum Gasteiger partial charge on any atom is -0.484 e. The molecule has 0 spiro atoms. The average Bonchev–Trinajstić information content (AvgIpc) is 2.81. The first-order valence-corrected chi connectivity index (χ1v) is 10.6. The van der Waals surface area contributed by atoms with Gasteiger partial charge in [-0.1, -0.05) is 54.6 Å². The summed E-state index contributed by atoms with van der Waals surface area (Å²) >= 11 is 0. The number of nitrogens with one attached hydrogen (secondary N) is 1. The lowest BCUT2D eigenvalue weighted by atomic mass is 9.76. The molecule has 0 unspecified atom stereocenters. The lowest BCUT2D eigenvalue weighted by Gasteiger charge is -2.33. The maximum atomic E-state index is 13.1. The highest BCUT2D eigenvalue weighted by molar-refractivity contribution is 5.94. The smallest absolute Gasteiger partial charge is 0.255 e. The van der Waals surface area contributed by atoms with Gasteiger partial charge in [-0.25, -0.2) is 0 Å². The number of hydrogen-bond acceptors (Lipinski definition) is 3. The second-order valence-corrected chi connectivity index (χ2v) is 7.84. The number of carbonyl (C=O) groups is 2. The number of fused-ring (bicyclic) bond motifs is 1. The number of hydrogen-bond donors (Lipinski definition) is 2. The van der Waals surface area contributed by atoms with Crippen LogP contribution in [0, 0.1) is 0 Å². The molecule has 31 heavy (non-hydrogen) atoms. The van der Waals surface area contributed by atoms with E-state index in [4.69, 9.17) is 10.5 Å². The third-order valence-electron chi connectivity index (χ3n) is 5.76. The van der Waals surface area contributed by atoms with Gasteiger partial charge in [0, 0.05) is 11.5 Å². The van der Waals surface area contributed by atoms with Crippen LogP contribution in [0.25, 0.3) is 0 Å². The molecule has 0 fully saturated rings. The Kier molecular flexibility index (Phi) is 6.32. The minimum absolute atomic E-state index is 0.124. The monoisotopic (exact) mass is 414 g/mol. The molecule has 0 heterocycles. The molecular formula is C26H26N2O3. The Balaban J connectivity index is 1.58. The number of rotatable bonds is 7. The van der Waals surface area contributed by atoms with Crippen LogP contribution in [0.1, 0.15) is 51.8 Å². The van der Waals surface area contributed by atoms with E-state index in [0.29, 0.717) is 11.3 Å². The molecule has 2 amide bonds. The standard InChI is InChI=1S/C26H26N2O3/c27-24(29)17-31-21-15-13-20(14-16-21)26(30)28-25(19-8-2-1-3-9-19)23-12-6-10-18-7-4-5-11-22(18)23/h1-5,7-9,11,13-16,23,25H,6,10,12,17H2,(H2,27,29)(H,28,30)/t23-,25+/m0/s1. The maximum absolute atomic E-state index is 13.1. The molecule has 0 radical (unpaired) electrons. The summed E-state index contributed by atoms with van der Waals surface area (Å²) in [5, 5.41) is 3.28. The van der Waals surface area contributed by atoms with Crippen LogP contribution in [0.4, 0.5) is 0 Å². The molecule has 3 aromatic carbocycles. The van der Waals surface area contributed by atoms with Crippen molar-refractivity contribution in [1.29, 1.82) is 0 Å². The van der Waals surface area contributed by atoms with Gasteiger partial charge in [-0.15, -0.1) is 0 Å². The van der Waals surface area contributed by atoms with E-state index < -0.39 is 5.91 Å². The zero-order valence-corrected chi connectivity index (χ0v) is 17.3. The zero-order chi connectivity index (χ0) is 21.6. The first-order valence-electron chi connectivity index (χ1n) is 10.6. The second-order valence-electron chi connectivity index (χ2n) is 7.84. The van der Waals surface area contributed by atoms with Gasteiger partial charge in [0.2, 0.25) is 0 Å². The molecule has 0 saturated heterocycles. The topological polar surface area (TPSA) is 81.4 Å². The van der Waals surface area contributed by atoms with Gasteiger partial charge in [-0.3, -0.25) is 9.59 Å². The van der Waals surface area contributed by atoms with E-state index in [9.17, 15) is 9.59 Å². The van der Waals surface area contributed by atoms with Crippen LogP contribution in [-0.4, -0.2) is 18.4 Å². The average molecular weight is 415 g/mol. The molecule has 0 aromatic heterocycles. The van der Waals surface area contributed by atoms with Crippen molar-refractivity contribution in [2.45, 2.75) is 31.2 Å². The molecule has 4 rings (SSSR count). The van der Waals surface area contributed by atoms with Crippen molar-refractivity contribution in [3.05, 3.63) is 101 Å². The summed E-state index contributed by atoms with van der Waals surface area (Å²) < 4.78 is 5.28. The normalized spacial score (nSPS) is 16.1. The van der Waals surface area contributed by atoms with Crippen LogP contribution in [0.5, 0.6) is 5.75 Å². The second kappa shape index (κ2) is 9.47. The Bertz CT molecular complexity index is 1050. The van der Waals surface area contributed by atoms with E-state index in [0.717, 1.165) is 24.8 Å². The molecule has 5 heteroatoms. The third-order valence-corrected chi connectivity index (χ3v) is 5.76. The van der Waals surface area contributed by atoms with Crippen molar-refractivity contribution in [3.8, 4) is 5.75 Å². The first kappa shape index (κ1) is 20.7. The predicted molar refractivity (Wildman–Crippen MR) is 120 cm³/mol. The Labute approximate surface area is 182 Å². The summed E-state index contributed by atoms with van der Waals surface area (Å²) in [4.78, 5) is 24.0. The molecule has 5 nitrogen and oxygen atoms in total. The summed E-state index contributed by atoms with van der Waals surface area (Å²) in [5.74, 6) is 0.0317. The number of benzene rings is 3. The molecule has 3 aromatic rings. The van der Waals surface area contributed by atoms with E-state index >= 15 is 0 Å². The van der Waals surface area contributed by atoms with E-state index in [-0.39, 0.29) is 24.5 Å². The SMILES string of the molecule is NC(=O)COc1ccc(C(=O)N[C@H](c2ccccc2)[C@H]2CCCc3ccccc32)cc1. The minimum atomic E-state index is -0.541. The Hall–Kier alpha value is -3.60. The highest BCUT2D eigenvalue weighted by atomic mass is 16.5. The van der Waals surface area contributed by atoms with Crippen molar-refractivity contribution in [2.24, 2.45) is 5.73 Å². The molecular weight excluding hydrogens is 388 g/mol. The van der Waals surface area contributed by atoms with Crippen molar-refractivity contribution >= 4 is 11.8 Å². The molecule has 0 saturated carbocycles. The third kappa shape index (κ3) is 4.94. The summed E-state index contributed by atoms with van der Waals surface area (Å²) in [5.41, 5.74) is 9.42. The van der Waals surface area contributed by atoms with Crippen LogP contribution in [0.2, 0.25) is 0 Å². The Morgan fingerprint density at radius 2 is 1.68 bits per heavy atom. The predicted octanol–water partition coefficient (Wildman–Crippen LogP) is 4.14. The van der Waals surface area contributed by atoms with Gasteiger partial charge in [0.25, 0.3) is 11.8 Å². The van der Waals surface area contributed by atoms with Gasteiger partial charge in [0.05, 0.1) is 6.04 Å². The number of carbonyl (C=O) groups excluding carboxylic acids is 2. The highest BCUT2D eigenvalue weighted by Crippen LogP contribution is 2.40.